The molecule has 0 spiro atoms. The Labute approximate surface area is 213 Å². The smallest absolute Gasteiger partial charge is 0.215 e. The lowest BCUT2D eigenvalue weighted by Gasteiger charge is -2.10. The fourth-order valence-corrected chi connectivity index (χ4v) is 5.68. The predicted molar refractivity (Wildman–Crippen MR) is 146 cm³/mol. The van der Waals surface area contributed by atoms with Crippen LogP contribution in [0.25, 0.3) is 77.6 Å². The molecule has 0 N–H and O–H groups in total. The Morgan fingerprint density at radius 3 is 1.58 bits per heavy atom. The maximum Gasteiger partial charge on any atom is 0.215 e. The Morgan fingerprint density at radius 1 is 0.526 bits per heavy atom. The van der Waals surface area contributed by atoms with Crippen molar-refractivity contribution in [2.75, 3.05) is 0 Å². The van der Waals surface area contributed by atoms with Gasteiger partial charge in [-0.05, 0) is 54.6 Å². The van der Waals surface area contributed by atoms with E-state index in [-0.39, 0.29) is 0 Å². The summed E-state index contributed by atoms with van der Waals surface area (Å²) in [5, 5.41) is 5.96. The number of furan rings is 2. The molecule has 0 bridgehead atoms. The van der Waals surface area contributed by atoms with E-state index in [1.165, 1.54) is 0 Å². The van der Waals surface area contributed by atoms with Crippen molar-refractivity contribution in [3.63, 3.8) is 0 Å². The SMILES string of the molecule is c1cc(-n2c3ncccc3c3c4cnccc4oc32)cc(-n2c3ncccc3c3c4cnccc4oc32)c1. The van der Waals surface area contributed by atoms with Crippen LogP contribution in [0, 0.1) is 0 Å². The van der Waals surface area contributed by atoms with Crippen LogP contribution in [0.3, 0.4) is 0 Å². The van der Waals surface area contributed by atoms with E-state index in [1.807, 2.05) is 42.7 Å². The second-order valence-electron chi connectivity index (χ2n) is 9.25. The first-order valence-corrected chi connectivity index (χ1v) is 12.2. The van der Waals surface area contributed by atoms with Gasteiger partial charge >= 0.3 is 0 Å². The molecule has 0 unspecified atom stereocenters. The molecule has 0 aliphatic carbocycles. The van der Waals surface area contributed by atoms with E-state index < -0.39 is 0 Å². The number of fused-ring (bicyclic) bond motifs is 10. The van der Waals surface area contributed by atoms with Crippen molar-refractivity contribution in [3.05, 3.63) is 97.8 Å². The molecule has 0 aliphatic heterocycles. The molecule has 0 saturated carbocycles. The van der Waals surface area contributed by atoms with Crippen LogP contribution in [-0.4, -0.2) is 29.1 Å². The van der Waals surface area contributed by atoms with E-state index in [1.54, 1.807) is 24.8 Å². The van der Waals surface area contributed by atoms with Gasteiger partial charge in [-0.3, -0.25) is 19.1 Å². The first kappa shape index (κ1) is 19.7. The van der Waals surface area contributed by atoms with Crippen molar-refractivity contribution in [1.82, 2.24) is 29.1 Å². The summed E-state index contributed by atoms with van der Waals surface area (Å²) in [7, 11) is 0. The highest BCUT2D eigenvalue weighted by Crippen LogP contribution is 2.40. The number of rotatable bonds is 2. The minimum absolute atomic E-state index is 0.731. The maximum absolute atomic E-state index is 6.37. The lowest BCUT2D eigenvalue weighted by molar-refractivity contribution is 0.643. The van der Waals surface area contributed by atoms with Gasteiger partial charge in [-0.2, -0.15) is 0 Å². The van der Waals surface area contributed by atoms with Gasteiger partial charge in [-0.25, -0.2) is 9.97 Å². The minimum Gasteiger partial charge on any atom is -0.439 e. The van der Waals surface area contributed by atoms with Crippen molar-refractivity contribution >= 4 is 66.2 Å². The van der Waals surface area contributed by atoms with E-state index in [2.05, 4.69) is 49.4 Å². The number of nitrogens with zero attached hydrogens (tertiary/aromatic N) is 6. The predicted octanol–water partition coefficient (Wildman–Crippen LogP) is 6.95. The molecular formula is C30H16N6O2. The van der Waals surface area contributed by atoms with Gasteiger partial charge in [-0.1, -0.05) is 6.07 Å². The average molecular weight is 492 g/mol. The number of hydrogen-bond donors (Lipinski definition) is 0. The first-order valence-electron chi connectivity index (χ1n) is 12.2. The molecule has 9 aromatic rings. The number of hydrogen-bond acceptors (Lipinski definition) is 6. The monoisotopic (exact) mass is 492 g/mol. The summed E-state index contributed by atoms with van der Waals surface area (Å²) in [6.45, 7) is 0. The Bertz CT molecular complexity index is 2210. The Balaban J connectivity index is 1.37. The topological polar surface area (TPSA) is 87.7 Å². The Morgan fingerprint density at radius 2 is 1.05 bits per heavy atom. The quantitative estimate of drug-likeness (QED) is 0.259. The molecule has 8 aromatic heterocycles. The van der Waals surface area contributed by atoms with Crippen LogP contribution in [0.5, 0.6) is 0 Å². The molecule has 0 fully saturated rings. The van der Waals surface area contributed by atoms with Crippen LogP contribution in [0.4, 0.5) is 0 Å². The van der Waals surface area contributed by atoms with E-state index in [0.29, 0.717) is 0 Å². The van der Waals surface area contributed by atoms with Gasteiger partial charge in [0.2, 0.25) is 11.4 Å². The molecule has 8 heteroatoms. The molecule has 0 atom stereocenters. The van der Waals surface area contributed by atoms with E-state index in [4.69, 9.17) is 18.8 Å². The second kappa shape index (κ2) is 7.04. The van der Waals surface area contributed by atoms with Gasteiger partial charge in [0.25, 0.3) is 0 Å². The van der Waals surface area contributed by atoms with Crippen molar-refractivity contribution in [1.29, 1.82) is 0 Å². The normalized spacial score (nSPS) is 12.2. The summed E-state index contributed by atoms with van der Waals surface area (Å²) in [6, 6.07) is 20.1. The molecule has 38 heavy (non-hydrogen) atoms. The van der Waals surface area contributed by atoms with Crippen LogP contribution in [0.1, 0.15) is 0 Å². The summed E-state index contributed by atoms with van der Waals surface area (Å²) >= 11 is 0. The molecule has 0 aliphatic rings. The zero-order chi connectivity index (χ0) is 24.8. The molecule has 178 valence electrons. The van der Waals surface area contributed by atoms with E-state index in [0.717, 1.165) is 77.6 Å². The molecule has 8 heterocycles. The third-order valence-corrected chi connectivity index (χ3v) is 7.23. The van der Waals surface area contributed by atoms with Crippen LogP contribution >= 0.6 is 0 Å². The largest absolute Gasteiger partial charge is 0.439 e. The second-order valence-corrected chi connectivity index (χ2v) is 9.25. The zero-order valence-corrected chi connectivity index (χ0v) is 19.7. The molecule has 0 radical (unpaired) electrons. The Hall–Kier alpha value is -5.50. The first-order chi connectivity index (χ1) is 18.9. The molecule has 0 amide bonds. The third kappa shape index (κ3) is 2.43. The number of pyridine rings is 4. The molecule has 0 saturated heterocycles. The summed E-state index contributed by atoms with van der Waals surface area (Å²) in [5.41, 5.74) is 6.51. The summed E-state index contributed by atoms with van der Waals surface area (Å²) in [4.78, 5) is 18.1. The van der Waals surface area contributed by atoms with Gasteiger partial charge in [0.1, 0.15) is 22.5 Å². The van der Waals surface area contributed by atoms with Crippen molar-refractivity contribution in [2.24, 2.45) is 0 Å². The highest BCUT2D eigenvalue weighted by atomic mass is 16.3. The van der Waals surface area contributed by atoms with Gasteiger partial charge in [0, 0.05) is 58.7 Å². The van der Waals surface area contributed by atoms with E-state index in [9.17, 15) is 0 Å². The van der Waals surface area contributed by atoms with Crippen LogP contribution in [-0.2, 0) is 0 Å². The summed E-state index contributed by atoms with van der Waals surface area (Å²) in [6.07, 6.45) is 10.8. The highest BCUT2D eigenvalue weighted by molar-refractivity contribution is 6.20. The molecule has 9 rings (SSSR count). The summed E-state index contributed by atoms with van der Waals surface area (Å²) < 4.78 is 16.9. The average Bonchev–Trinajstić information content (AvgIpc) is 3.69. The van der Waals surface area contributed by atoms with Crippen LogP contribution < -0.4 is 0 Å². The minimum atomic E-state index is 0.731. The van der Waals surface area contributed by atoms with Gasteiger partial charge < -0.3 is 8.83 Å². The van der Waals surface area contributed by atoms with Gasteiger partial charge in [0.05, 0.1) is 22.1 Å². The highest BCUT2D eigenvalue weighted by Gasteiger charge is 2.23. The summed E-state index contributed by atoms with van der Waals surface area (Å²) in [5.74, 6) is 0. The Kier molecular flexibility index (Phi) is 3.64. The van der Waals surface area contributed by atoms with Crippen LogP contribution in [0.2, 0.25) is 0 Å². The maximum atomic E-state index is 6.37. The lowest BCUT2D eigenvalue weighted by Crippen LogP contribution is -1.99. The van der Waals surface area contributed by atoms with Crippen molar-refractivity contribution in [2.45, 2.75) is 0 Å². The van der Waals surface area contributed by atoms with E-state index >= 15 is 0 Å². The van der Waals surface area contributed by atoms with Crippen LogP contribution in [0.15, 0.2) is 107 Å². The molecule has 1 aromatic carbocycles. The fraction of sp³-hybridized carbons (Fsp3) is 0. The van der Waals surface area contributed by atoms with Crippen molar-refractivity contribution < 1.29 is 8.83 Å². The van der Waals surface area contributed by atoms with Crippen molar-refractivity contribution in [3.8, 4) is 11.4 Å². The standard InChI is InChI=1S/C30H16N6O2/c1-4-17(35-27-19(6-2-10-33-27)25-21-15-31-12-8-23(21)37-29(25)35)14-18(5-1)36-28-20(7-3-11-34-28)26-22-16-32-13-9-24(22)38-30(26)36/h1-16H. The molecule has 8 nitrogen and oxygen atoms in total. The fourth-order valence-electron chi connectivity index (χ4n) is 5.68. The zero-order valence-electron chi connectivity index (χ0n) is 19.7. The third-order valence-electron chi connectivity index (χ3n) is 7.23. The van der Waals surface area contributed by atoms with Gasteiger partial charge in [0.15, 0.2) is 0 Å². The van der Waals surface area contributed by atoms with Gasteiger partial charge in [-0.15, -0.1) is 0 Å². The number of benzene rings is 1. The molecular weight excluding hydrogens is 476 g/mol. The lowest BCUT2D eigenvalue weighted by atomic mass is 10.2. The number of aromatic nitrogens is 6.